The van der Waals surface area contributed by atoms with Crippen LogP contribution in [0.25, 0.3) is 11.5 Å². The number of likely N-dealkylation sites (tertiary alicyclic amines) is 1. The fourth-order valence-corrected chi connectivity index (χ4v) is 3.91. The number of rotatable bonds is 7. The molecule has 1 saturated heterocycles. The Balaban J connectivity index is 1.58. The standard InChI is InChI=1S/C15H22N4O4S/c20-11-12-3-1-2-9-19(12)10-8-17-24(21,22)15-5-4-14(23-15)13-6-7-16-18-13/h4-7,12,17,20H,1-3,8-11H2,(H,16,18)/t12-/m0/s1. The summed E-state index contributed by atoms with van der Waals surface area (Å²) in [6.07, 6.45) is 4.71. The Bertz CT molecular complexity index is 741. The summed E-state index contributed by atoms with van der Waals surface area (Å²) >= 11 is 0. The minimum absolute atomic E-state index is 0.110. The fraction of sp³-hybridized carbons (Fsp3) is 0.533. The average molecular weight is 354 g/mol. The third kappa shape index (κ3) is 3.86. The van der Waals surface area contributed by atoms with E-state index in [0.717, 1.165) is 25.8 Å². The zero-order valence-corrected chi connectivity index (χ0v) is 14.1. The van der Waals surface area contributed by atoms with Crippen molar-refractivity contribution in [2.75, 3.05) is 26.2 Å². The highest BCUT2D eigenvalue weighted by Gasteiger charge is 2.23. The number of hydrogen-bond donors (Lipinski definition) is 3. The lowest BCUT2D eigenvalue weighted by atomic mass is 10.0. The summed E-state index contributed by atoms with van der Waals surface area (Å²) in [7, 11) is -3.70. The molecule has 0 aromatic carbocycles. The van der Waals surface area contributed by atoms with Gasteiger partial charge in [0.2, 0.25) is 5.09 Å². The molecule has 0 bridgehead atoms. The van der Waals surface area contributed by atoms with Crippen LogP contribution in [0.2, 0.25) is 0 Å². The highest BCUT2D eigenvalue weighted by Crippen LogP contribution is 2.22. The first kappa shape index (κ1) is 17.2. The van der Waals surface area contributed by atoms with Crippen LogP contribution >= 0.6 is 0 Å². The van der Waals surface area contributed by atoms with Crippen LogP contribution < -0.4 is 4.72 Å². The first-order valence-corrected chi connectivity index (χ1v) is 9.52. The van der Waals surface area contributed by atoms with E-state index in [2.05, 4.69) is 19.8 Å². The second kappa shape index (κ2) is 7.47. The van der Waals surface area contributed by atoms with Gasteiger partial charge < -0.3 is 9.52 Å². The summed E-state index contributed by atoms with van der Waals surface area (Å²) in [5, 5.41) is 15.8. The molecule has 132 valence electrons. The molecule has 3 rings (SSSR count). The van der Waals surface area contributed by atoms with Crippen LogP contribution in [-0.2, 0) is 10.0 Å². The van der Waals surface area contributed by atoms with Gasteiger partial charge in [0.05, 0.1) is 6.61 Å². The molecule has 0 saturated carbocycles. The molecule has 1 aliphatic rings. The monoisotopic (exact) mass is 354 g/mol. The topological polar surface area (TPSA) is 111 Å². The summed E-state index contributed by atoms with van der Waals surface area (Å²) < 4.78 is 32.6. The fourth-order valence-electron chi connectivity index (χ4n) is 2.96. The predicted molar refractivity (Wildman–Crippen MR) is 87.8 cm³/mol. The van der Waals surface area contributed by atoms with Gasteiger partial charge in [-0.2, -0.15) is 5.10 Å². The van der Waals surface area contributed by atoms with Crippen LogP contribution in [0.15, 0.2) is 33.9 Å². The molecule has 8 nitrogen and oxygen atoms in total. The summed E-state index contributed by atoms with van der Waals surface area (Å²) in [6, 6.07) is 4.84. The molecule has 0 spiro atoms. The van der Waals surface area contributed by atoms with Gasteiger partial charge in [-0.25, -0.2) is 13.1 Å². The van der Waals surface area contributed by atoms with E-state index in [4.69, 9.17) is 4.42 Å². The van der Waals surface area contributed by atoms with Crippen LogP contribution in [0.1, 0.15) is 19.3 Å². The number of nitrogens with zero attached hydrogens (tertiary/aromatic N) is 2. The van der Waals surface area contributed by atoms with Crippen LogP contribution in [-0.4, -0.2) is 60.9 Å². The van der Waals surface area contributed by atoms with E-state index in [1.807, 2.05) is 0 Å². The van der Waals surface area contributed by atoms with Crippen molar-refractivity contribution in [3.8, 4) is 11.5 Å². The normalized spacial score (nSPS) is 19.6. The SMILES string of the molecule is O=S(=O)(NCCN1CCCC[C@H]1CO)c1ccc(-c2ccn[nH]2)o1. The van der Waals surface area contributed by atoms with Gasteiger partial charge in [-0.05, 0) is 37.6 Å². The van der Waals surface area contributed by atoms with Crippen molar-refractivity contribution in [3.63, 3.8) is 0 Å². The van der Waals surface area contributed by atoms with Gasteiger partial charge in [0.1, 0.15) is 5.69 Å². The molecular formula is C15H22N4O4S. The van der Waals surface area contributed by atoms with Gasteiger partial charge in [0, 0.05) is 25.3 Å². The Morgan fingerprint density at radius 1 is 1.38 bits per heavy atom. The number of sulfonamides is 1. The van der Waals surface area contributed by atoms with Crippen molar-refractivity contribution in [2.24, 2.45) is 0 Å². The summed E-state index contributed by atoms with van der Waals surface area (Å²) in [4.78, 5) is 2.13. The molecular weight excluding hydrogens is 332 g/mol. The third-order valence-electron chi connectivity index (χ3n) is 4.26. The Kier molecular flexibility index (Phi) is 5.34. The van der Waals surface area contributed by atoms with E-state index >= 15 is 0 Å². The number of nitrogens with one attached hydrogen (secondary N) is 2. The first-order valence-electron chi connectivity index (χ1n) is 8.04. The third-order valence-corrected chi connectivity index (χ3v) is 5.60. The van der Waals surface area contributed by atoms with Crippen LogP contribution in [0.3, 0.4) is 0 Å². The Morgan fingerprint density at radius 3 is 3.00 bits per heavy atom. The van der Waals surface area contributed by atoms with Crippen LogP contribution in [0, 0.1) is 0 Å². The van der Waals surface area contributed by atoms with Gasteiger partial charge in [-0.1, -0.05) is 6.42 Å². The van der Waals surface area contributed by atoms with Crippen LogP contribution in [0.4, 0.5) is 0 Å². The van der Waals surface area contributed by atoms with Gasteiger partial charge in [-0.3, -0.25) is 10.00 Å². The second-order valence-corrected chi connectivity index (χ2v) is 7.55. The van der Waals surface area contributed by atoms with Gasteiger partial charge in [-0.15, -0.1) is 0 Å². The number of aliphatic hydroxyl groups excluding tert-OH is 1. The highest BCUT2D eigenvalue weighted by atomic mass is 32.2. The second-order valence-electron chi connectivity index (χ2n) is 5.85. The molecule has 3 N–H and O–H groups in total. The summed E-state index contributed by atoms with van der Waals surface area (Å²) in [5.74, 6) is 0.421. The minimum Gasteiger partial charge on any atom is -0.442 e. The number of piperidine rings is 1. The predicted octanol–water partition coefficient (Wildman–Crippen LogP) is 0.795. The lowest BCUT2D eigenvalue weighted by molar-refractivity contribution is 0.0923. The van der Waals surface area contributed by atoms with E-state index in [1.165, 1.54) is 6.07 Å². The lowest BCUT2D eigenvalue weighted by Crippen LogP contribution is -2.45. The molecule has 2 aromatic rings. The minimum atomic E-state index is -3.70. The van der Waals surface area contributed by atoms with Crippen molar-refractivity contribution in [2.45, 2.75) is 30.4 Å². The van der Waals surface area contributed by atoms with Gasteiger partial charge >= 0.3 is 0 Å². The molecule has 1 aliphatic heterocycles. The quantitative estimate of drug-likeness (QED) is 0.678. The summed E-state index contributed by atoms with van der Waals surface area (Å²) in [5.41, 5.74) is 0.621. The molecule has 3 heterocycles. The largest absolute Gasteiger partial charge is 0.442 e. The molecule has 0 aliphatic carbocycles. The summed E-state index contributed by atoms with van der Waals surface area (Å²) in [6.45, 7) is 1.84. The first-order chi connectivity index (χ1) is 11.6. The van der Waals surface area contributed by atoms with E-state index < -0.39 is 10.0 Å². The Labute approximate surface area is 140 Å². The highest BCUT2D eigenvalue weighted by molar-refractivity contribution is 7.89. The zero-order valence-electron chi connectivity index (χ0n) is 13.3. The van der Waals surface area contributed by atoms with E-state index in [0.29, 0.717) is 18.0 Å². The maximum absolute atomic E-state index is 12.3. The van der Waals surface area contributed by atoms with Gasteiger partial charge in [0.15, 0.2) is 5.76 Å². The van der Waals surface area contributed by atoms with Gasteiger partial charge in [0.25, 0.3) is 10.0 Å². The molecule has 1 fully saturated rings. The number of aromatic amines is 1. The number of aliphatic hydroxyl groups is 1. The van der Waals surface area contributed by atoms with Crippen molar-refractivity contribution in [3.05, 3.63) is 24.4 Å². The Morgan fingerprint density at radius 2 is 2.25 bits per heavy atom. The number of H-pyrrole nitrogens is 1. The molecule has 9 heteroatoms. The molecule has 0 unspecified atom stereocenters. The molecule has 0 radical (unpaired) electrons. The van der Waals surface area contributed by atoms with E-state index in [1.54, 1.807) is 18.3 Å². The van der Waals surface area contributed by atoms with Crippen molar-refractivity contribution in [1.29, 1.82) is 0 Å². The van der Waals surface area contributed by atoms with Crippen LogP contribution in [0.5, 0.6) is 0 Å². The van der Waals surface area contributed by atoms with E-state index in [-0.39, 0.29) is 24.3 Å². The number of aromatic nitrogens is 2. The lowest BCUT2D eigenvalue weighted by Gasteiger charge is -2.34. The van der Waals surface area contributed by atoms with Crippen molar-refractivity contribution < 1.29 is 17.9 Å². The van der Waals surface area contributed by atoms with E-state index in [9.17, 15) is 13.5 Å². The van der Waals surface area contributed by atoms with Crippen molar-refractivity contribution in [1.82, 2.24) is 19.8 Å². The molecule has 2 aromatic heterocycles. The maximum atomic E-state index is 12.3. The zero-order chi connectivity index (χ0) is 17.0. The van der Waals surface area contributed by atoms with Crippen molar-refractivity contribution >= 4 is 10.0 Å². The molecule has 24 heavy (non-hydrogen) atoms. The number of hydrogen-bond acceptors (Lipinski definition) is 6. The number of furan rings is 1. The molecule has 0 amide bonds. The Hall–Kier alpha value is -1.68. The smallest absolute Gasteiger partial charge is 0.274 e. The molecule has 1 atom stereocenters. The average Bonchev–Trinajstić information content (AvgIpc) is 3.26. The maximum Gasteiger partial charge on any atom is 0.274 e.